The van der Waals surface area contributed by atoms with Crippen molar-refractivity contribution in [1.82, 2.24) is 5.32 Å². The third-order valence-electron chi connectivity index (χ3n) is 4.01. The van der Waals surface area contributed by atoms with E-state index >= 15 is 0 Å². The summed E-state index contributed by atoms with van der Waals surface area (Å²) < 4.78 is 13.5. The molecule has 0 bridgehead atoms. The number of hydrogen-bond acceptors (Lipinski definition) is 4. The molecule has 0 aliphatic carbocycles. The molecule has 2 aromatic rings. The number of carbonyl (C=O) groups is 1. The van der Waals surface area contributed by atoms with Gasteiger partial charge in [0, 0.05) is 36.8 Å². The predicted molar refractivity (Wildman–Crippen MR) is 94.4 cm³/mol. The zero-order chi connectivity index (χ0) is 18.6. The molecule has 0 aliphatic heterocycles. The molecule has 0 heterocycles. The summed E-state index contributed by atoms with van der Waals surface area (Å²) in [5.74, 6) is -0.735. The van der Waals surface area contributed by atoms with Crippen molar-refractivity contribution in [2.75, 3.05) is 18.9 Å². The first-order valence-electron chi connectivity index (χ1n) is 7.75. The highest BCUT2D eigenvalue weighted by Gasteiger charge is 2.23. The Balaban J connectivity index is 2.27. The van der Waals surface area contributed by atoms with Crippen molar-refractivity contribution in [3.63, 3.8) is 0 Å². The van der Waals surface area contributed by atoms with Crippen molar-refractivity contribution in [2.24, 2.45) is 0 Å². The van der Waals surface area contributed by atoms with Crippen LogP contribution in [0.15, 0.2) is 42.5 Å². The normalized spacial score (nSPS) is 11.0. The fourth-order valence-electron chi connectivity index (χ4n) is 2.45. The maximum absolute atomic E-state index is 13.5. The minimum absolute atomic E-state index is 0.159. The number of nitro groups is 1. The maximum atomic E-state index is 13.5. The van der Waals surface area contributed by atoms with Crippen molar-refractivity contribution < 1.29 is 14.1 Å². The Hall–Kier alpha value is -2.96. The first kappa shape index (κ1) is 18.4. The summed E-state index contributed by atoms with van der Waals surface area (Å²) in [5, 5.41) is 16.5. The molecule has 0 fully saturated rings. The second-order valence-corrected chi connectivity index (χ2v) is 6.31. The first-order valence-corrected chi connectivity index (χ1v) is 7.75. The molecule has 7 heteroatoms. The molecule has 25 heavy (non-hydrogen) atoms. The number of nitrogens with zero attached hydrogens (tertiary/aromatic N) is 1. The van der Waals surface area contributed by atoms with Gasteiger partial charge >= 0.3 is 0 Å². The zero-order valence-corrected chi connectivity index (χ0v) is 14.3. The lowest BCUT2D eigenvalue weighted by Crippen LogP contribution is -2.29. The summed E-state index contributed by atoms with van der Waals surface area (Å²) in [5.41, 5.74) is 0.905. The van der Waals surface area contributed by atoms with Gasteiger partial charge in [0.15, 0.2) is 0 Å². The quantitative estimate of drug-likeness (QED) is 0.620. The lowest BCUT2D eigenvalue weighted by Gasteiger charge is -2.27. The molecule has 0 radical (unpaired) electrons. The van der Waals surface area contributed by atoms with Crippen molar-refractivity contribution >= 4 is 17.3 Å². The molecule has 6 nitrogen and oxygen atoms in total. The monoisotopic (exact) mass is 345 g/mol. The molecular formula is C18H20FN3O3. The molecule has 2 N–H and O–H groups in total. The molecule has 132 valence electrons. The first-order chi connectivity index (χ1) is 11.7. The van der Waals surface area contributed by atoms with Gasteiger partial charge in [-0.1, -0.05) is 26.0 Å². The number of benzene rings is 2. The Morgan fingerprint density at radius 3 is 2.56 bits per heavy atom. The van der Waals surface area contributed by atoms with E-state index in [4.69, 9.17) is 0 Å². The molecule has 0 atom stereocenters. The average Bonchev–Trinajstić information content (AvgIpc) is 2.59. The minimum Gasteiger partial charge on any atom is -0.384 e. The van der Waals surface area contributed by atoms with Gasteiger partial charge in [0.2, 0.25) is 0 Å². The highest BCUT2D eigenvalue weighted by molar-refractivity contribution is 6.00. The average molecular weight is 345 g/mol. The number of amides is 1. The summed E-state index contributed by atoms with van der Waals surface area (Å²) in [4.78, 5) is 22.4. The van der Waals surface area contributed by atoms with E-state index in [1.165, 1.54) is 37.4 Å². The van der Waals surface area contributed by atoms with Gasteiger partial charge in [-0.2, -0.15) is 0 Å². The third kappa shape index (κ3) is 4.32. The number of nitrogens with one attached hydrogen (secondary N) is 2. The topological polar surface area (TPSA) is 84.3 Å². The maximum Gasteiger partial charge on any atom is 0.270 e. The lowest BCUT2D eigenvalue weighted by atomic mass is 9.84. The number of nitro benzene ring substituents is 1. The van der Waals surface area contributed by atoms with Gasteiger partial charge in [0.05, 0.1) is 10.5 Å². The Kier molecular flexibility index (Phi) is 5.36. The molecule has 0 saturated heterocycles. The van der Waals surface area contributed by atoms with Crippen LogP contribution in [0.5, 0.6) is 0 Å². The van der Waals surface area contributed by atoms with Crippen LogP contribution in [0.25, 0.3) is 0 Å². The van der Waals surface area contributed by atoms with Gasteiger partial charge in [0.1, 0.15) is 5.82 Å². The summed E-state index contributed by atoms with van der Waals surface area (Å²) in [6.07, 6.45) is 0. The van der Waals surface area contributed by atoms with Crippen LogP contribution >= 0.6 is 0 Å². The van der Waals surface area contributed by atoms with Gasteiger partial charge in [-0.15, -0.1) is 0 Å². The molecule has 0 aliphatic rings. The number of halogens is 1. The molecule has 1 amide bonds. The van der Waals surface area contributed by atoms with E-state index in [9.17, 15) is 19.3 Å². The number of rotatable bonds is 6. The van der Waals surface area contributed by atoms with E-state index in [0.29, 0.717) is 12.2 Å². The Labute approximate surface area is 145 Å². The predicted octanol–water partition coefficient (Wildman–Crippen LogP) is 3.48. The van der Waals surface area contributed by atoms with Gasteiger partial charge in [0.25, 0.3) is 11.6 Å². The van der Waals surface area contributed by atoms with Crippen molar-refractivity contribution in [3.05, 3.63) is 69.5 Å². The lowest BCUT2D eigenvalue weighted by molar-refractivity contribution is -0.384. The van der Waals surface area contributed by atoms with Gasteiger partial charge in [-0.3, -0.25) is 14.9 Å². The van der Waals surface area contributed by atoms with Crippen LogP contribution in [0.1, 0.15) is 29.8 Å². The van der Waals surface area contributed by atoms with E-state index in [-0.39, 0.29) is 17.1 Å². The zero-order valence-electron chi connectivity index (χ0n) is 14.3. The van der Waals surface area contributed by atoms with E-state index < -0.39 is 16.2 Å². The Morgan fingerprint density at radius 1 is 1.24 bits per heavy atom. The van der Waals surface area contributed by atoms with Crippen LogP contribution in [0.4, 0.5) is 15.8 Å². The molecule has 2 aromatic carbocycles. The standard InChI is InChI=1S/C18H20FN3O3/c1-18(2,12-5-4-6-13(19)9-12)11-21-16-8-7-14(22(24)25)10-15(16)17(23)20-3/h4-10,21H,11H2,1-3H3,(H,20,23). The molecule has 0 unspecified atom stereocenters. The van der Waals surface area contributed by atoms with Crippen LogP contribution in [-0.2, 0) is 5.41 Å². The number of hydrogen-bond donors (Lipinski definition) is 2. The second-order valence-electron chi connectivity index (χ2n) is 6.31. The van der Waals surface area contributed by atoms with E-state index in [0.717, 1.165) is 5.56 Å². The number of anilines is 1. The van der Waals surface area contributed by atoms with Crippen LogP contribution in [0, 0.1) is 15.9 Å². The van der Waals surface area contributed by atoms with Gasteiger partial charge in [-0.05, 0) is 23.8 Å². The molecule has 0 saturated carbocycles. The van der Waals surface area contributed by atoms with Crippen LogP contribution in [0.2, 0.25) is 0 Å². The molecular weight excluding hydrogens is 325 g/mol. The molecule has 0 aromatic heterocycles. The largest absolute Gasteiger partial charge is 0.384 e. The summed E-state index contributed by atoms with van der Waals surface area (Å²) in [6.45, 7) is 4.30. The second kappa shape index (κ2) is 7.29. The number of carbonyl (C=O) groups excluding carboxylic acids is 1. The third-order valence-corrected chi connectivity index (χ3v) is 4.01. The number of non-ortho nitro benzene ring substituents is 1. The van der Waals surface area contributed by atoms with Crippen LogP contribution < -0.4 is 10.6 Å². The Morgan fingerprint density at radius 2 is 1.96 bits per heavy atom. The van der Waals surface area contributed by atoms with Crippen LogP contribution in [0.3, 0.4) is 0 Å². The van der Waals surface area contributed by atoms with E-state index in [1.54, 1.807) is 6.07 Å². The Bertz CT molecular complexity index is 806. The molecule has 2 rings (SSSR count). The molecule has 0 spiro atoms. The summed E-state index contributed by atoms with van der Waals surface area (Å²) in [7, 11) is 1.46. The minimum atomic E-state index is -0.549. The fourth-order valence-corrected chi connectivity index (χ4v) is 2.45. The van der Waals surface area contributed by atoms with Crippen molar-refractivity contribution in [1.29, 1.82) is 0 Å². The van der Waals surface area contributed by atoms with Crippen molar-refractivity contribution in [3.8, 4) is 0 Å². The summed E-state index contributed by atoms with van der Waals surface area (Å²) >= 11 is 0. The van der Waals surface area contributed by atoms with Crippen molar-refractivity contribution in [2.45, 2.75) is 19.3 Å². The highest BCUT2D eigenvalue weighted by atomic mass is 19.1. The smallest absolute Gasteiger partial charge is 0.270 e. The van der Waals surface area contributed by atoms with Crippen LogP contribution in [-0.4, -0.2) is 24.4 Å². The SMILES string of the molecule is CNC(=O)c1cc([N+](=O)[O-])ccc1NCC(C)(C)c1cccc(F)c1. The highest BCUT2D eigenvalue weighted by Crippen LogP contribution is 2.27. The summed E-state index contributed by atoms with van der Waals surface area (Å²) in [6, 6.07) is 10.4. The van der Waals surface area contributed by atoms with Gasteiger partial charge < -0.3 is 10.6 Å². The van der Waals surface area contributed by atoms with Gasteiger partial charge in [-0.25, -0.2) is 4.39 Å². The fraction of sp³-hybridized carbons (Fsp3) is 0.278. The van der Waals surface area contributed by atoms with E-state index in [1.807, 2.05) is 19.9 Å². The van der Waals surface area contributed by atoms with E-state index in [2.05, 4.69) is 10.6 Å².